The SMILES string of the molecule is C[B]c1ccc(OCC(=O)O)c(C(=O)c2cnn(-c3cccc4ccccc34)c2)c1. The zero-order valence-electron chi connectivity index (χ0n) is 16.3. The van der Waals surface area contributed by atoms with Gasteiger partial charge in [0, 0.05) is 11.6 Å². The topological polar surface area (TPSA) is 81.4 Å². The number of carbonyl (C=O) groups is 2. The minimum atomic E-state index is -1.11. The van der Waals surface area contributed by atoms with E-state index in [0.717, 1.165) is 21.9 Å². The van der Waals surface area contributed by atoms with Crippen LogP contribution in [0.1, 0.15) is 15.9 Å². The van der Waals surface area contributed by atoms with Crippen molar-refractivity contribution >= 4 is 35.3 Å². The molecule has 0 amide bonds. The van der Waals surface area contributed by atoms with Gasteiger partial charge in [-0.2, -0.15) is 5.10 Å². The Morgan fingerprint density at radius 2 is 1.90 bits per heavy atom. The predicted molar refractivity (Wildman–Crippen MR) is 115 cm³/mol. The number of rotatable bonds is 7. The Morgan fingerprint density at radius 3 is 2.70 bits per heavy atom. The zero-order valence-corrected chi connectivity index (χ0v) is 16.3. The van der Waals surface area contributed by atoms with Gasteiger partial charge in [-0.05, 0) is 17.5 Å². The lowest BCUT2D eigenvalue weighted by molar-refractivity contribution is -0.139. The fraction of sp³-hybridized carbons (Fsp3) is 0.0870. The summed E-state index contributed by atoms with van der Waals surface area (Å²) in [6.45, 7) is 1.34. The van der Waals surface area contributed by atoms with Gasteiger partial charge in [-0.25, -0.2) is 9.48 Å². The van der Waals surface area contributed by atoms with Crippen molar-refractivity contribution in [2.45, 2.75) is 6.82 Å². The first-order chi connectivity index (χ1) is 14.6. The largest absolute Gasteiger partial charge is 0.481 e. The first kappa shape index (κ1) is 19.5. The molecule has 1 heterocycles. The van der Waals surface area contributed by atoms with Gasteiger partial charge in [-0.15, -0.1) is 0 Å². The second-order valence-corrected chi connectivity index (χ2v) is 6.73. The van der Waals surface area contributed by atoms with Crippen LogP contribution in [0, 0.1) is 0 Å². The summed E-state index contributed by atoms with van der Waals surface area (Å²) in [7, 11) is 1.86. The molecule has 0 spiro atoms. The molecule has 1 N–H and O–H groups in total. The maximum absolute atomic E-state index is 13.2. The van der Waals surface area contributed by atoms with Crippen LogP contribution in [-0.2, 0) is 4.79 Å². The Kier molecular flexibility index (Phi) is 5.35. The summed E-state index contributed by atoms with van der Waals surface area (Å²) in [4.78, 5) is 24.1. The van der Waals surface area contributed by atoms with E-state index in [0.29, 0.717) is 11.1 Å². The van der Waals surface area contributed by atoms with Crippen molar-refractivity contribution in [1.82, 2.24) is 9.78 Å². The highest BCUT2D eigenvalue weighted by Crippen LogP contribution is 2.24. The number of carboxylic acids is 1. The summed E-state index contributed by atoms with van der Waals surface area (Å²) < 4.78 is 7.00. The molecule has 7 heteroatoms. The smallest absolute Gasteiger partial charge is 0.341 e. The molecule has 3 aromatic carbocycles. The van der Waals surface area contributed by atoms with E-state index in [-0.39, 0.29) is 11.5 Å². The van der Waals surface area contributed by atoms with Crippen molar-refractivity contribution in [2.75, 3.05) is 6.61 Å². The maximum Gasteiger partial charge on any atom is 0.341 e. The summed E-state index contributed by atoms with van der Waals surface area (Å²) in [5.41, 5.74) is 2.38. The normalized spacial score (nSPS) is 10.7. The molecular weight excluding hydrogens is 379 g/mol. The number of ketones is 1. The van der Waals surface area contributed by atoms with E-state index in [2.05, 4.69) is 5.10 Å². The van der Waals surface area contributed by atoms with Crippen molar-refractivity contribution in [3.8, 4) is 11.4 Å². The minimum Gasteiger partial charge on any atom is -0.481 e. The van der Waals surface area contributed by atoms with Gasteiger partial charge in [0.15, 0.2) is 12.4 Å². The van der Waals surface area contributed by atoms with Crippen LogP contribution in [0.2, 0.25) is 6.82 Å². The fourth-order valence-electron chi connectivity index (χ4n) is 3.31. The van der Waals surface area contributed by atoms with Gasteiger partial charge in [-0.1, -0.05) is 60.8 Å². The van der Waals surface area contributed by atoms with Gasteiger partial charge in [0.1, 0.15) is 13.0 Å². The van der Waals surface area contributed by atoms with Crippen LogP contribution >= 0.6 is 0 Å². The average molecular weight is 397 g/mol. The van der Waals surface area contributed by atoms with Crippen LogP contribution < -0.4 is 10.2 Å². The molecule has 0 bridgehead atoms. The van der Waals surface area contributed by atoms with Crippen LogP contribution in [0.5, 0.6) is 5.75 Å². The quantitative estimate of drug-likeness (QED) is 0.383. The fourth-order valence-corrected chi connectivity index (χ4v) is 3.31. The Balaban J connectivity index is 1.71. The van der Waals surface area contributed by atoms with E-state index in [1.54, 1.807) is 29.1 Å². The van der Waals surface area contributed by atoms with Gasteiger partial charge in [-0.3, -0.25) is 4.79 Å². The molecule has 0 aliphatic heterocycles. The van der Waals surface area contributed by atoms with Crippen LogP contribution in [0.15, 0.2) is 73.1 Å². The molecule has 1 radical (unpaired) electrons. The second kappa shape index (κ2) is 8.25. The van der Waals surface area contributed by atoms with Gasteiger partial charge < -0.3 is 9.84 Å². The predicted octanol–water partition coefficient (Wildman–Crippen LogP) is 3.10. The highest BCUT2D eigenvalue weighted by molar-refractivity contribution is 6.52. The van der Waals surface area contributed by atoms with Crippen LogP contribution in [-0.4, -0.2) is 40.5 Å². The Morgan fingerprint density at radius 1 is 1.10 bits per heavy atom. The molecule has 0 unspecified atom stereocenters. The van der Waals surface area contributed by atoms with Crippen LogP contribution in [0.3, 0.4) is 0 Å². The summed E-state index contributed by atoms with van der Waals surface area (Å²) in [5.74, 6) is -1.17. The molecule has 1 aromatic heterocycles. The van der Waals surface area contributed by atoms with Crippen molar-refractivity contribution in [3.63, 3.8) is 0 Å². The van der Waals surface area contributed by atoms with E-state index >= 15 is 0 Å². The van der Waals surface area contributed by atoms with E-state index in [4.69, 9.17) is 9.84 Å². The highest BCUT2D eigenvalue weighted by Gasteiger charge is 2.18. The third-order valence-corrected chi connectivity index (χ3v) is 4.79. The van der Waals surface area contributed by atoms with Gasteiger partial charge in [0.05, 0.1) is 23.0 Å². The van der Waals surface area contributed by atoms with E-state index in [1.807, 2.05) is 56.6 Å². The molecule has 4 aromatic rings. The Bertz CT molecular complexity index is 1240. The first-order valence-corrected chi connectivity index (χ1v) is 9.42. The number of nitrogens with zero attached hydrogens (tertiary/aromatic N) is 2. The number of aliphatic carboxylic acids is 1. The number of hydrogen-bond donors (Lipinski definition) is 1. The number of carboxylic acid groups (broad SMARTS) is 1. The van der Waals surface area contributed by atoms with Gasteiger partial charge in [0.2, 0.25) is 0 Å². The molecule has 0 fully saturated rings. The molecule has 30 heavy (non-hydrogen) atoms. The molecular formula is C23H18BN2O4. The zero-order chi connectivity index (χ0) is 21.1. The van der Waals surface area contributed by atoms with Crippen LogP contribution in [0.25, 0.3) is 16.5 Å². The highest BCUT2D eigenvalue weighted by atomic mass is 16.5. The molecule has 0 saturated heterocycles. The van der Waals surface area contributed by atoms with E-state index < -0.39 is 12.6 Å². The first-order valence-electron chi connectivity index (χ1n) is 9.42. The number of aromatic nitrogens is 2. The molecule has 4 rings (SSSR count). The number of fused-ring (bicyclic) bond motifs is 1. The maximum atomic E-state index is 13.2. The monoisotopic (exact) mass is 397 g/mol. The minimum absolute atomic E-state index is 0.228. The number of benzene rings is 3. The summed E-state index contributed by atoms with van der Waals surface area (Å²) in [5, 5.41) is 15.4. The molecule has 6 nitrogen and oxygen atoms in total. The molecule has 0 aliphatic carbocycles. The third-order valence-electron chi connectivity index (χ3n) is 4.79. The van der Waals surface area contributed by atoms with Crippen molar-refractivity contribution in [3.05, 3.63) is 84.2 Å². The average Bonchev–Trinajstić information content (AvgIpc) is 3.26. The summed E-state index contributed by atoms with van der Waals surface area (Å²) >= 11 is 0. The van der Waals surface area contributed by atoms with E-state index in [1.165, 1.54) is 6.20 Å². The third kappa shape index (κ3) is 3.82. The molecule has 147 valence electrons. The summed E-state index contributed by atoms with van der Waals surface area (Å²) in [6.07, 6.45) is 3.18. The number of carbonyl (C=O) groups excluding carboxylic acids is 1. The lowest BCUT2D eigenvalue weighted by atomic mass is 9.72. The summed E-state index contributed by atoms with van der Waals surface area (Å²) in [6, 6.07) is 18.9. The lowest BCUT2D eigenvalue weighted by Crippen LogP contribution is -2.17. The number of hydrogen-bond acceptors (Lipinski definition) is 4. The van der Waals surface area contributed by atoms with Crippen molar-refractivity contribution in [1.29, 1.82) is 0 Å². The van der Waals surface area contributed by atoms with Gasteiger partial charge in [0.25, 0.3) is 0 Å². The van der Waals surface area contributed by atoms with Crippen LogP contribution in [0.4, 0.5) is 0 Å². The molecule has 0 aliphatic rings. The second-order valence-electron chi connectivity index (χ2n) is 6.73. The van der Waals surface area contributed by atoms with Gasteiger partial charge >= 0.3 is 5.97 Å². The molecule has 0 saturated carbocycles. The lowest BCUT2D eigenvalue weighted by Gasteiger charge is -2.10. The molecule has 0 atom stereocenters. The van der Waals surface area contributed by atoms with E-state index in [9.17, 15) is 9.59 Å². The Labute approximate surface area is 174 Å². The number of ether oxygens (including phenoxy) is 1. The van der Waals surface area contributed by atoms with Crippen molar-refractivity contribution in [2.24, 2.45) is 0 Å². The van der Waals surface area contributed by atoms with Crippen molar-refractivity contribution < 1.29 is 19.4 Å². The Hall–Kier alpha value is -3.87. The standard InChI is InChI=1S/C23H18BN2O4/c1-24-17-9-10-21(30-14-22(27)28)19(11-17)23(29)16-12-25-26(13-16)20-8-4-6-15-5-2-3-7-18(15)20/h2-13H,14H2,1H3,(H,27,28).